The van der Waals surface area contributed by atoms with Crippen molar-refractivity contribution in [3.8, 4) is 0 Å². The van der Waals surface area contributed by atoms with Crippen LogP contribution in [0.3, 0.4) is 0 Å². The molecule has 0 spiro atoms. The Morgan fingerprint density at radius 3 is 2.68 bits per heavy atom. The fourth-order valence-electron chi connectivity index (χ4n) is 3.30. The summed E-state index contributed by atoms with van der Waals surface area (Å²) in [6, 6.07) is 12.5. The number of aromatic nitrogens is 4. The first-order chi connectivity index (χ1) is 13.5. The van der Waals surface area contributed by atoms with E-state index in [1.165, 1.54) is 23.3 Å². The molecule has 0 atom stereocenters. The highest BCUT2D eigenvalue weighted by molar-refractivity contribution is 7.98. The molecule has 0 unspecified atom stereocenters. The van der Waals surface area contributed by atoms with Crippen LogP contribution in [0.25, 0.3) is 16.7 Å². The van der Waals surface area contributed by atoms with Gasteiger partial charge in [-0.15, -0.1) is 10.2 Å². The van der Waals surface area contributed by atoms with Crippen LogP contribution in [0, 0.1) is 18.7 Å². The first-order valence-electron chi connectivity index (χ1n) is 9.20. The fourth-order valence-corrected chi connectivity index (χ4v) is 4.31. The molecular formula is C21H21FN4OS. The normalized spacial score (nSPS) is 11.8. The Kier molecular flexibility index (Phi) is 4.93. The third-order valence-electron chi connectivity index (χ3n) is 4.70. The van der Waals surface area contributed by atoms with Gasteiger partial charge in [0.2, 0.25) is 5.78 Å². The molecule has 2 aromatic heterocycles. The molecular weight excluding hydrogens is 375 g/mol. The Morgan fingerprint density at radius 1 is 1.14 bits per heavy atom. The number of benzene rings is 2. The van der Waals surface area contributed by atoms with Crippen molar-refractivity contribution in [1.82, 2.24) is 19.2 Å². The third-order valence-corrected chi connectivity index (χ3v) is 5.68. The molecule has 0 fully saturated rings. The molecule has 144 valence electrons. The number of aryl methyl sites for hydroxylation is 1. The molecule has 0 saturated heterocycles. The van der Waals surface area contributed by atoms with Gasteiger partial charge >= 0.3 is 0 Å². The van der Waals surface area contributed by atoms with Crippen molar-refractivity contribution in [2.24, 2.45) is 5.92 Å². The highest BCUT2D eigenvalue weighted by Gasteiger charge is 2.18. The van der Waals surface area contributed by atoms with Gasteiger partial charge in [0, 0.05) is 12.3 Å². The average molecular weight is 396 g/mol. The Morgan fingerprint density at radius 2 is 1.93 bits per heavy atom. The first-order valence-corrected chi connectivity index (χ1v) is 10.2. The molecule has 0 aliphatic heterocycles. The van der Waals surface area contributed by atoms with E-state index in [0.29, 0.717) is 28.4 Å². The fraction of sp³-hybridized carbons (Fsp3) is 0.286. The van der Waals surface area contributed by atoms with Crippen LogP contribution in [0.5, 0.6) is 0 Å². The average Bonchev–Trinajstić information content (AvgIpc) is 3.08. The highest BCUT2D eigenvalue weighted by Crippen LogP contribution is 2.26. The van der Waals surface area contributed by atoms with Gasteiger partial charge in [0.15, 0.2) is 5.16 Å². The monoisotopic (exact) mass is 396 g/mol. The Labute approximate surface area is 166 Å². The van der Waals surface area contributed by atoms with Crippen LogP contribution in [-0.2, 0) is 12.3 Å². The van der Waals surface area contributed by atoms with Gasteiger partial charge in [-0.3, -0.25) is 13.8 Å². The standard InChI is InChI=1S/C21H21FN4OS/c1-13(2)11-25-19(27)17-10-16(22)8-9-18(17)26-20(25)23-24-21(26)28-12-15-7-5-4-6-14(15)3/h4-10,13H,11-12H2,1-3H3. The zero-order chi connectivity index (χ0) is 19.8. The van der Waals surface area contributed by atoms with E-state index in [4.69, 9.17) is 0 Å². The van der Waals surface area contributed by atoms with Gasteiger partial charge < -0.3 is 0 Å². The number of nitrogens with zero attached hydrogens (tertiary/aromatic N) is 4. The van der Waals surface area contributed by atoms with Crippen LogP contribution in [0.1, 0.15) is 25.0 Å². The summed E-state index contributed by atoms with van der Waals surface area (Å²) in [7, 11) is 0. The highest BCUT2D eigenvalue weighted by atomic mass is 32.2. The van der Waals surface area contributed by atoms with Gasteiger partial charge in [0.25, 0.3) is 5.56 Å². The third kappa shape index (κ3) is 3.30. The minimum atomic E-state index is -0.428. The molecule has 7 heteroatoms. The lowest BCUT2D eigenvalue weighted by Gasteiger charge is -2.13. The van der Waals surface area contributed by atoms with Gasteiger partial charge in [-0.25, -0.2) is 4.39 Å². The van der Waals surface area contributed by atoms with Gasteiger partial charge in [-0.2, -0.15) is 0 Å². The quantitative estimate of drug-likeness (QED) is 0.468. The number of rotatable bonds is 5. The summed E-state index contributed by atoms with van der Waals surface area (Å²) in [6.45, 7) is 6.64. The summed E-state index contributed by atoms with van der Waals surface area (Å²) in [4.78, 5) is 13.0. The second kappa shape index (κ2) is 7.39. The first kappa shape index (κ1) is 18.7. The van der Waals surface area contributed by atoms with E-state index >= 15 is 0 Å². The molecule has 2 heterocycles. The molecule has 0 bridgehead atoms. The lowest BCUT2D eigenvalue weighted by atomic mass is 10.1. The maximum absolute atomic E-state index is 13.9. The number of thioether (sulfide) groups is 1. The van der Waals surface area contributed by atoms with Crippen molar-refractivity contribution in [2.75, 3.05) is 0 Å². The largest absolute Gasteiger partial charge is 0.276 e. The molecule has 0 amide bonds. The van der Waals surface area contributed by atoms with Crippen molar-refractivity contribution < 1.29 is 4.39 Å². The lowest BCUT2D eigenvalue weighted by Crippen LogP contribution is -2.25. The zero-order valence-corrected chi connectivity index (χ0v) is 16.8. The zero-order valence-electron chi connectivity index (χ0n) is 16.0. The minimum absolute atomic E-state index is 0.237. The number of hydrogen-bond acceptors (Lipinski definition) is 4. The Hall–Kier alpha value is -2.67. The minimum Gasteiger partial charge on any atom is -0.276 e. The molecule has 4 rings (SSSR count). The summed E-state index contributed by atoms with van der Waals surface area (Å²) in [5.74, 6) is 1.04. The van der Waals surface area contributed by atoms with Crippen LogP contribution in [0.4, 0.5) is 4.39 Å². The van der Waals surface area contributed by atoms with E-state index in [-0.39, 0.29) is 11.5 Å². The summed E-state index contributed by atoms with van der Waals surface area (Å²) >= 11 is 1.56. The summed E-state index contributed by atoms with van der Waals surface area (Å²) < 4.78 is 17.3. The van der Waals surface area contributed by atoms with Crippen molar-refractivity contribution in [1.29, 1.82) is 0 Å². The van der Waals surface area contributed by atoms with Gasteiger partial charge in [-0.1, -0.05) is 49.9 Å². The predicted molar refractivity (Wildman–Crippen MR) is 110 cm³/mol. The van der Waals surface area contributed by atoms with E-state index in [0.717, 1.165) is 5.75 Å². The van der Waals surface area contributed by atoms with Crippen molar-refractivity contribution in [3.05, 3.63) is 69.8 Å². The van der Waals surface area contributed by atoms with E-state index in [2.05, 4.69) is 29.3 Å². The summed E-state index contributed by atoms with van der Waals surface area (Å²) in [5, 5.41) is 9.67. The smallest absolute Gasteiger partial charge is 0.262 e. The van der Waals surface area contributed by atoms with E-state index < -0.39 is 5.82 Å². The molecule has 2 aromatic carbocycles. The Balaban J connectivity index is 1.89. The van der Waals surface area contributed by atoms with Crippen molar-refractivity contribution in [2.45, 2.75) is 38.2 Å². The maximum atomic E-state index is 13.9. The number of fused-ring (bicyclic) bond motifs is 3. The van der Waals surface area contributed by atoms with Gasteiger partial charge in [0.05, 0.1) is 10.9 Å². The molecule has 28 heavy (non-hydrogen) atoms. The summed E-state index contributed by atoms with van der Waals surface area (Å²) in [5.41, 5.74) is 2.82. The van der Waals surface area contributed by atoms with E-state index in [1.807, 2.05) is 30.4 Å². The van der Waals surface area contributed by atoms with E-state index in [1.54, 1.807) is 22.4 Å². The van der Waals surface area contributed by atoms with Crippen LogP contribution in [0.2, 0.25) is 0 Å². The lowest BCUT2D eigenvalue weighted by molar-refractivity contribution is 0.517. The molecule has 0 aliphatic rings. The second-order valence-corrected chi connectivity index (χ2v) is 8.25. The van der Waals surface area contributed by atoms with Gasteiger partial charge in [-0.05, 0) is 42.2 Å². The molecule has 4 aromatic rings. The van der Waals surface area contributed by atoms with E-state index in [9.17, 15) is 9.18 Å². The molecule has 0 aliphatic carbocycles. The second-order valence-electron chi connectivity index (χ2n) is 7.30. The molecule has 0 saturated carbocycles. The maximum Gasteiger partial charge on any atom is 0.262 e. The molecule has 0 N–H and O–H groups in total. The van der Waals surface area contributed by atoms with Crippen LogP contribution in [0.15, 0.2) is 52.4 Å². The SMILES string of the molecule is Cc1ccccc1CSc1nnc2n(CC(C)C)c(=O)c3cc(F)ccc3n12. The van der Waals surface area contributed by atoms with Crippen LogP contribution < -0.4 is 5.56 Å². The molecule has 0 radical (unpaired) electrons. The summed E-state index contributed by atoms with van der Waals surface area (Å²) in [6.07, 6.45) is 0. The van der Waals surface area contributed by atoms with Gasteiger partial charge in [0.1, 0.15) is 5.82 Å². The number of halogens is 1. The Bertz CT molecular complexity index is 1230. The van der Waals surface area contributed by atoms with Crippen molar-refractivity contribution in [3.63, 3.8) is 0 Å². The van der Waals surface area contributed by atoms with Crippen LogP contribution >= 0.6 is 11.8 Å². The number of hydrogen-bond donors (Lipinski definition) is 0. The van der Waals surface area contributed by atoms with Crippen LogP contribution in [-0.4, -0.2) is 19.2 Å². The topological polar surface area (TPSA) is 52.2 Å². The predicted octanol–water partition coefficient (Wildman–Crippen LogP) is 4.44. The van der Waals surface area contributed by atoms with Crippen molar-refractivity contribution >= 4 is 28.4 Å². The molecule has 5 nitrogen and oxygen atoms in total.